The molecule has 1 N–H and O–H groups in total. The quantitative estimate of drug-likeness (QED) is 0.904. The Morgan fingerprint density at radius 3 is 2.40 bits per heavy atom. The summed E-state index contributed by atoms with van der Waals surface area (Å²) in [7, 11) is 0. The van der Waals surface area contributed by atoms with Gasteiger partial charge < -0.3 is 10.0 Å². The highest BCUT2D eigenvalue weighted by Crippen LogP contribution is 2.31. The molecule has 0 aliphatic heterocycles. The number of benzene rings is 1. The molecule has 0 radical (unpaired) electrons. The van der Waals surface area contributed by atoms with Crippen molar-refractivity contribution in [3.63, 3.8) is 0 Å². The maximum absolute atomic E-state index is 13.9. The summed E-state index contributed by atoms with van der Waals surface area (Å²) in [6.45, 7) is 4.30. The minimum absolute atomic E-state index is 0.133. The van der Waals surface area contributed by atoms with E-state index in [4.69, 9.17) is 0 Å². The number of carbonyl (C=O) groups excluding carboxylic acids is 1. The molecule has 1 aromatic carbocycles. The second kappa shape index (κ2) is 5.98. The Morgan fingerprint density at radius 1 is 1.35 bits per heavy atom. The number of carboxylic acid groups (broad SMARTS) is 1. The molecule has 0 saturated heterocycles. The molecule has 1 aromatic rings. The molecule has 1 unspecified atom stereocenters. The molecule has 0 saturated carbocycles. The van der Waals surface area contributed by atoms with Crippen molar-refractivity contribution in [3.8, 4) is 0 Å². The fourth-order valence-electron chi connectivity index (χ4n) is 2.17. The summed E-state index contributed by atoms with van der Waals surface area (Å²) in [6, 6.07) is 2.57. The van der Waals surface area contributed by atoms with Gasteiger partial charge in [0.05, 0.1) is 0 Å². The van der Waals surface area contributed by atoms with E-state index in [0.29, 0.717) is 6.42 Å². The zero-order chi connectivity index (χ0) is 15.5. The summed E-state index contributed by atoms with van der Waals surface area (Å²) >= 11 is 0. The third-order valence-corrected chi connectivity index (χ3v) is 3.24. The molecule has 0 aliphatic rings. The fourth-order valence-corrected chi connectivity index (χ4v) is 2.17. The lowest BCUT2D eigenvalue weighted by Crippen LogP contribution is -2.52. The third kappa shape index (κ3) is 2.79. The van der Waals surface area contributed by atoms with Gasteiger partial charge in [-0.1, -0.05) is 6.92 Å². The van der Waals surface area contributed by atoms with Gasteiger partial charge in [0.25, 0.3) is 0 Å². The first kappa shape index (κ1) is 16.1. The lowest BCUT2D eigenvalue weighted by Gasteiger charge is -2.37. The highest BCUT2D eigenvalue weighted by molar-refractivity contribution is 5.87. The van der Waals surface area contributed by atoms with E-state index in [1.165, 1.54) is 13.8 Å². The molecule has 1 rings (SSSR count). The second-order valence-corrected chi connectivity index (χ2v) is 4.67. The van der Waals surface area contributed by atoms with Crippen LogP contribution in [0.2, 0.25) is 0 Å². The molecule has 0 bridgehead atoms. The van der Waals surface area contributed by atoms with E-state index in [0.717, 1.165) is 23.1 Å². The second-order valence-electron chi connectivity index (χ2n) is 4.67. The number of hydrogen-bond donors (Lipinski definition) is 1. The van der Waals surface area contributed by atoms with Gasteiger partial charge in [0.15, 0.2) is 5.54 Å². The Bertz CT molecular complexity index is 533. The van der Waals surface area contributed by atoms with Crippen molar-refractivity contribution in [3.05, 3.63) is 35.4 Å². The molecule has 20 heavy (non-hydrogen) atoms. The predicted octanol–water partition coefficient (Wildman–Crippen LogP) is 2.52. The summed E-state index contributed by atoms with van der Waals surface area (Å²) in [6.07, 6.45) is 0.499. The minimum Gasteiger partial charge on any atom is -0.479 e. The van der Waals surface area contributed by atoms with E-state index in [1.54, 1.807) is 6.92 Å². The normalized spacial score (nSPS) is 13.7. The minimum atomic E-state index is -1.95. The first-order valence-corrected chi connectivity index (χ1v) is 6.22. The predicted molar refractivity (Wildman–Crippen MR) is 69.0 cm³/mol. The van der Waals surface area contributed by atoms with Crippen molar-refractivity contribution in [1.29, 1.82) is 0 Å². The summed E-state index contributed by atoms with van der Waals surface area (Å²) in [5, 5.41) is 9.46. The van der Waals surface area contributed by atoms with Crippen LogP contribution in [0.5, 0.6) is 0 Å². The van der Waals surface area contributed by atoms with Crippen molar-refractivity contribution in [2.75, 3.05) is 6.54 Å². The zero-order valence-corrected chi connectivity index (χ0v) is 11.6. The lowest BCUT2D eigenvalue weighted by atomic mass is 9.89. The SMILES string of the molecule is CCCN(C(C)=O)C(C)(C(=O)O)c1cc(F)ccc1F. The van der Waals surface area contributed by atoms with Gasteiger partial charge in [0.1, 0.15) is 11.6 Å². The van der Waals surface area contributed by atoms with Gasteiger partial charge in [-0.05, 0) is 31.5 Å². The van der Waals surface area contributed by atoms with Crippen molar-refractivity contribution in [1.82, 2.24) is 4.90 Å². The number of carboxylic acids is 1. The van der Waals surface area contributed by atoms with E-state index >= 15 is 0 Å². The van der Waals surface area contributed by atoms with Gasteiger partial charge in [-0.3, -0.25) is 4.79 Å². The largest absolute Gasteiger partial charge is 0.479 e. The molecule has 0 aliphatic carbocycles. The van der Waals surface area contributed by atoms with Crippen molar-refractivity contribution in [2.45, 2.75) is 32.7 Å². The van der Waals surface area contributed by atoms with E-state index in [-0.39, 0.29) is 12.1 Å². The van der Waals surface area contributed by atoms with Crippen LogP contribution < -0.4 is 0 Å². The maximum Gasteiger partial charge on any atom is 0.334 e. The van der Waals surface area contributed by atoms with E-state index in [9.17, 15) is 23.5 Å². The van der Waals surface area contributed by atoms with Crippen LogP contribution in [0.1, 0.15) is 32.8 Å². The fraction of sp³-hybridized carbons (Fsp3) is 0.429. The highest BCUT2D eigenvalue weighted by atomic mass is 19.1. The molecule has 1 atom stereocenters. The molecule has 6 heteroatoms. The van der Waals surface area contributed by atoms with Gasteiger partial charge in [-0.2, -0.15) is 0 Å². The highest BCUT2D eigenvalue weighted by Gasteiger charge is 2.44. The first-order valence-electron chi connectivity index (χ1n) is 6.22. The van der Waals surface area contributed by atoms with Crippen LogP contribution in [-0.2, 0) is 15.1 Å². The molecule has 0 spiro atoms. The average molecular weight is 285 g/mol. The molecular formula is C14H17F2NO3. The van der Waals surface area contributed by atoms with Gasteiger partial charge >= 0.3 is 5.97 Å². The Kier molecular flexibility index (Phi) is 4.81. The number of nitrogens with zero attached hydrogens (tertiary/aromatic N) is 1. The molecule has 0 fully saturated rings. The zero-order valence-electron chi connectivity index (χ0n) is 11.6. The van der Waals surface area contributed by atoms with Crippen LogP contribution >= 0.6 is 0 Å². The van der Waals surface area contributed by atoms with Gasteiger partial charge in [-0.15, -0.1) is 0 Å². The van der Waals surface area contributed by atoms with Crippen molar-refractivity contribution >= 4 is 11.9 Å². The van der Waals surface area contributed by atoms with Crippen LogP contribution in [0.25, 0.3) is 0 Å². The van der Waals surface area contributed by atoms with Gasteiger partial charge in [-0.25, -0.2) is 13.6 Å². The van der Waals surface area contributed by atoms with E-state index in [2.05, 4.69) is 0 Å². The summed E-state index contributed by atoms with van der Waals surface area (Å²) in [5.41, 5.74) is -2.32. The number of hydrogen-bond acceptors (Lipinski definition) is 2. The number of amides is 1. The topological polar surface area (TPSA) is 57.6 Å². The van der Waals surface area contributed by atoms with Crippen LogP contribution in [0.3, 0.4) is 0 Å². The average Bonchev–Trinajstić information content (AvgIpc) is 2.37. The monoisotopic (exact) mass is 285 g/mol. The van der Waals surface area contributed by atoms with Crippen LogP contribution in [0, 0.1) is 11.6 Å². The molecule has 4 nitrogen and oxygen atoms in total. The third-order valence-electron chi connectivity index (χ3n) is 3.24. The summed E-state index contributed by atoms with van der Waals surface area (Å²) < 4.78 is 27.2. The Hall–Kier alpha value is -1.98. The number of halogens is 2. The summed E-state index contributed by atoms with van der Waals surface area (Å²) in [5.74, 6) is -3.54. The smallest absolute Gasteiger partial charge is 0.334 e. The molecule has 1 amide bonds. The van der Waals surface area contributed by atoms with Crippen molar-refractivity contribution < 1.29 is 23.5 Å². The number of aliphatic carboxylic acids is 1. The maximum atomic E-state index is 13.9. The molecular weight excluding hydrogens is 268 g/mol. The van der Waals surface area contributed by atoms with Gasteiger partial charge in [0, 0.05) is 19.0 Å². The van der Waals surface area contributed by atoms with E-state index in [1.807, 2.05) is 0 Å². The summed E-state index contributed by atoms with van der Waals surface area (Å²) in [4.78, 5) is 24.4. The number of carbonyl (C=O) groups is 2. The van der Waals surface area contributed by atoms with Crippen molar-refractivity contribution in [2.24, 2.45) is 0 Å². The van der Waals surface area contributed by atoms with Crippen LogP contribution in [-0.4, -0.2) is 28.4 Å². The van der Waals surface area contributed by atoms with Crippen LogP contribution in [0.4, 0.5) is 8.78 Å². The standard InChI is InChI=1S/C14H17F2NO3/c1-4-7-17(9(2)18)14(3,13(19)20)11-8-10(15)5-6-12(11)16/h5-6,8H,4,7H2,1-3H3,(H,19,20). The Labute approximate surface area is 116 Å². The van der Waals surface area contributed by atoms with Gasteiger partial charge in [0.2, 0.25) is 5.91 Å². The Balaban J connectivity index is 3.51. The van der Waals surface area contributed by atoms with E-state index < -0.39 is 29.0 Å². The Morgan fingerprint density at radius 2 is 1.95 bits per heavy atom. The molecule has 0 aromatic heterocycles. The van der Waals surface area contributed by atoms with Crippen LogP contribution in [0.15, 0.2) is 18.2 Å². The number of rotatable bonds is 5. The molecule has 110 valence electrons. The first-order chi connectivity index (χ1) is 9.25. The lowest BCUT2D eigenvalue weighted by molar-refractivity contribution is -0.158. The molecule has 0 heterocycles.